The first-order valence-corrected chi connectivity index (χ1v) is 5.03. The monoisotopic (exact) mass is 247 g/mol. The van der Waals surface area contributed by atoms with E-state index in [0.29, 0.717) is 11.3 Å². The molecule has 4 nitrogen and oxygen atoms in total. The highest BCUT2D eigenvalue weighted by atomic mass is 19.4. The Balaban J connectivity index is 0.000000686. The molecular formula is C10H12F3N3O. The molecule has 17 heavy (non-hydrogen) atoms. The van der Waals surface area contributed by atoms with Gasteiger partial charge in [-0.05, 0) is 19.1 Å². The van der Waals surface area contributed by atoms with Crippen LogP contribution in [-0.4, -0.2) is 21.0 Å². The third kappa shape index (κ3) is 3.61. The zero-order valence-electron chi connectivity index (χ0n) is 9.62. The Hall–Kier alpha value is -1.79. The summed E-state index contributed by atoms with van der Waals surface area (Å²) in [7, 11) is 0. The van der Waals surface area contributed by atoms with Gasteiger partial charge in [0.1, 0.15) is 0 Å². The summed E-state index contributed by atoms with van der Waals surface area (Å²) in [5.41, 5.74) is 0.985. The van der Waals surface area contributed by atoms with Crippen molar-refractivity contribution in [3.63, 3.8) is 0 Å². The number of rotatable bonds is 1. The zero-order valence-corrected chi connectivity index (χ0v) is 9.62. The van der Waals surface area contributed by atoms with Crippen molar-refractivity contribution in [2.24, 2.45) is 0 Å². The highest BCUT2D eigenvalue weighted by molar-refractivity contribution is 5.40. The van der Waals surface area contributed by atoms with Gasteiger partial charge in [0.05, 0.1) is 11.9 Å². The summed E-state index contributed by atoms with van der Waals surface area (Å²) in [6.45, 7) is 5.73. The summed E-state index contributed by atoms with van der Waals surface area (Å²) in [4.78, 5) is 3.60. The smallest absolute Gasteiger partial charge is 0.386 e. The third-order valence-electron chi connectivity index (χ3n) is 1.65. The van der Waals surface area contributed by atoms with E-state index in [1.807, 2.05) is 13.8 Å². The minimum absolute atomic E-state index is 0.305. The number of halogens is 3. The molecule has 94 valence electrons. The van der Waals surface area contributed by atoms with Crippen molar-refractivity contribution in [3.8, 4) is 5.88 Å². The summed E-state index contributed by atoms with van der Waals surface area (Å²) in [6, 6.07) is 3.21. The van der Waals surface area contributed by atoms with Crippen LogP contribution in [0.25, 0.3) is 5.65 Å². The molecule has 0 saturated carbocycles. The molecule has 0 aromatic carbocycles. The first-order chi connectivity index (χ1) is 7.94. The van der Waals surface area contributed by atoms with E-state index < -0.39 is 12.2 Å². The molecule has 0 unspecified atom stereocenters. The predicted octanol–water partition coefficient (Wildman–Crippen LogP) is 2.96. The quantitative estimate of drug-likeness (QED) is 0.777. The Morgan fingerprint density at radius 1 is 1.24 bits per heavy atom. The normalized spacial score (nSPS) is 10.9. The summed E-state index contributed by atoms with van der Waals surface area (Å²) < 4.78 is 40.5. The van der Waals surface area contributed by atoms with Crippen molar-refractivity contribution < 1.29 is 17.9 Å². The number of imidazole rings is 1. The van der Waals surface area contributed by atoms with Gasteiger partial charge in [-0.1, -0.05) is 13.8 Å². The molecule has 0 aliphatic heterocycles. The van der Waals surface area contributed by atoms with E-state index in [4.69, 9.17) is 0 Å². The van der Waals surface area contributed by atoms with Crippen molar-refractivity contribution in [2.45, 2.75) is 27.1 Å². The van der Waals surface area contributed by atoms with E-state index in [1.165, 1.54) is 4.52 Å². The van der Waals surface area contributed by atoms with Gasteiger partial charge >= 0.3 is 6.36 Å². The van der Waals surface area contributed by atoms with E-state index in [0.717, 1.165) is 6.20 Å². The first-order valence-electron chi connectivity index (χ1n) is 5.03. The molecule has 0 aliphatic carbocycles. The Morgan fingerprint density at radius 2 is 1.88 bits per heavy atom. The van der Waals surface area contributed by atoms with Crippen LogP contribution in [0.4, 0.5) is 13.2 Å². The van der Waals surface area contributed by atoms with E-state index in [2.05, 4.69) is 14.8 Å². The minimum Gasteiger partial charge on any atom is -0.386 e. The maximum Gasteiger partial charge on any atom is 0.574 e. The molecule has 0 bridgehead atoms. The van der Waals surface area contributed by atoms with Crippen molar-refractivity contribution >= 4 is 5.65 Å². The summed E-state index contributed by atoms with van der Waals surface area (Å²) in [5, 5.41) is 3.93. The fraction of sp³-hybridized carbons (Fsp3) is 0.400. The van der Waals surface area contributed by atoms with Crippen LogP contribution in [0.2, 0.25) is 0 Å². The van der Waals surface area contributed by atoms with Crippen LogP contribution in [0.15, 0.2) is 18.3 Å². The lowest BCUT2D eigenvalue weighted by molar-refractivity contribution is -0.276. The van der Waals surface area contributed by atoms with Gasteiger partial charge in [-0.3, -0.25) is 0 Å². The molecule has 2 aromatic heterocycles. The van der Waals surface area contributed by atoms with Crippen LogP contribution in [0.1, 0.15) is 19.5 Å². The van der Waals surface area contributed by atoms with Crippen molar-refractivity contribution in [2.75, 3.05) is 0 Å². The number of nitrogens with zero attached hydrogens (tertiary/aromatic N) is 3. The van der Waals surface area contributed by atoms with Gasteiger partial charge in [0.25, 0.3) is 0 Å². The summed E-state index contributed by atoms with van der Waals surface area (Å²) in [6.07, 6.45) is -3.65. The highest BCUT2D eigenvalue weighted by Crippen LogP contribution is 2.21. The zero-order chi connectivity index (χ0) is 13.1. The van der Waals surface area contributed by atoms with Crippen LogP contribution in [0.3, 0.4) is 0 Å². The Bertz CT molecular complexity index is 493. The number of hydrogen-bond donors (Lipinski definition) is 0. The fourth-order valence-corrected chi connectivity index (χ4v) is 1.12. The van der Waals surface area contributed by atoms with E-state index in [9.17, 15) is 13.2 Å². The number of fused-ring (bicyclic) bond motifs is 1. The Labute approximate surface area is 96.0 Å². The lowest BCUT2D eigenvalue weighted by Crippen LogP contribution is -2.17. The average molecular weight is 247 g/mol. The second-order valence-electron chi connectivity index (χ2n) is 2.90. The lowest BCUT2D eigenvalue weighted by Gasteiger charge is -2.03. The molecule has 0 saturated heterocycles. The van der Waals surface area contributed by atoms with E-state index in [-0.39, 0.29) is 0 Å². The highest BCUT2D eigenvalue weighted by Gasteiger charge is 2.32. The van der Waals surface area contributed by atoms with Gasteiger partial charge < -0.3 is 4.74 Å². The van der Waals surface area contributed by atoms with Gasteiger partial charge in [-0.2, -0.15) is 10.1 Å². The molecule has 2 heterocycles. The van der Waals surface area contributed by atoms with Crippen LogP contribution < -0.4 is 4.74 Å². The summed E-state index contributed by atoms with van der Waals surface area (Å²) in [5.74, 6) is -0.513. The minimum atomic E-state index is -4.73. The molecule has 0 fully saturated rings. The first kappa shape index (κ1) is 13.3. The van der Waals surface area contributed by atoms with Crippen LogP contribution in [-0.2, 0) is 0 Å². The SMILES string of the molecule is CC.Cc1ccc2nc(OC(F)(F)F)cn2n1. The van der Waals surface area contributed by atoms with Crippen LogP contribution in [0.5, 0.6) is 5.88 Å². The molecule has 2 aromatic rings. The maximum absolute atomic E-state index is 11.9. The van der Waals surface area contributed by atoms with Crippen molar-refractivity contribution in [1.29, 1.82) is 0 Å². The van der Waals surface area contributed by atoms with Gasteiger partial charge in [0.15, 0.2) is 5.65 Å². The number of ether oxygens (including phenoxy) is 1. The largest absolute Gasteiger partial charge is 0.574 e. The molecular weight excluding hydrogens is 235 g/mol. The van der Waals surface area contributed by atoms with Crippen molar-refractivity contribution in [1.82, 2.24) is 14.6 Å². The molecule has 0 spiro atoms. The standard InChI is InChI=1S/C8H6F3N3O.C2H6/c1-5-2-3-6-12-7(4-14(6)13-5)15-8(9,10)11;1-2/h2-4H,1H3;1-2H3. The number of aromatic nitrogens is 3. The lowest BCUT2D eigenvalue weighted by atomic mass is 10.4. The topological polar surface area (TPSA) is 39.4 Å². The molecule has 0 atom stereocenters. The van der Waals surface area contributed by atoms with Gasteiger partial charge in [-0.25, -0.2) is 4.52 Å². The van der Waals surface area contributed by atoms with Gasteiger partial charge in [0, 0.05) is 0 Å². The predicted molar refractivity (Wildman–Crippen MR) is 55.8 cm³/mol. The van der Waals surface area contributed by atoms with Crippen molar-refractivity contribution in [3.05, 3.63) is 24.0 Å². The Kier molecular flexibility index (Phi) is 3.93. The fourth-order valence-electron chi connectivity index (χ4n) is 1.12. The van der Waals surface area contributed by atoms with Gasteiger partial charge in [0.2, 0.25) is 5.88 Å². The summed E-state index contributed by atoms with van der Waals surface area (Å²) >= 11 is 0. The molecule has 0 amide bonds. The molecule has 0 N–H and O–H groups in total. The number of alkyl halides is 3. The van der Waals surface area contributed by atoms with E-state index >= 15 is 0 Å². The molecule has 7 heteroatoms. The molecule has 2 rings (SSSR count). The Morgan fingerprint density at radius 3 is 2.47 bits per heavy atom. The number of hydrogen-bond acceptors (Lipinski definition) is 3. The number of aryl methyl sites for hydroxylation is 1. The van der Waals surface area contributed by atoms with Gasteiger partial charge in [-0.15, -0.1) is 13.2 Å². The second kappa shape index (κ2) is 5.03. The third-order valence-corrected chi connectivity index (χ3v) is 1.65. The molecule has 0 radical (unpaired) electrons. The maximum atomic E-state index is 11.9. The van der Waals surface area contributed by atoms with E-state index in [1.54, 1.807) is 19.1 Å². The second-order valence-corrected chi connectivity index (χ2v) is 2.90. The molecule has 0 aliphatic rings. The average Bonchev–Trinajstić information content (AvgIpc) is 2.59. The van der Waals surface area contributed by atoms with Crippen LogP contribution in [0, 0.1) is 6.92 Å². The van der Waals surface area contributed by atoms with Crippen LogP contribution >= 0.6 is 0 Å².